The van der Waals surface area contributed by atoms with E-state index in [1.165, 1.54) is 23.2 Å². The van der Waals surface area contributed by atoms with Gasteiger partial charge in [0.15, 0.2) is 0 Å². The number of aromatic nitrogens is 1. The molecule has 0 saturated heterocycles. The molecule has 0 aliphatic carbocycles. The number of carbonyl (C=O) groups is 1. The summed E-state index contributed by atoms with van der Waals surface area (Å²) in [7, 11) is -3.84. The van der Waals surface area contributed by atoms with Crippen molar-refractivity contribution >= 4 is 38.9 Å². The molecule has 0 saturated carbocycles. The number of rotatable bonds is 6. The first-order valence-corrected chi connectivity index (χ1v) is 12.2. The molecule has 0 atom stereocenters. The highest BCUT2D eigenvalue weighted by molar-refractivity contribution is 7.93. The van der Waals surface area contributed by atoms with Gasteiger partial charge in [-0.15, -0.1) is 11.3 Å². The van der Waals surface area contributed by atoms with Crippen LogP contribution in [0.1, 0.15) is 25.6 Å². The molecule has 3 aromatic rings. The monoisotopic (exact) mass is 478 g/mol. The van der Waals surface area contributed by atoms with Gasteiger partial charge in [0.2, 0.25) is 9.84 Å². The highest BCUT2D eigenvalue weighted by Crippen LogP contribution is 2.40. The Kier molecular flexibility index (Phi) is 6.73. The van der Waals surface area contributed by atoms with Crippen molar-refractivity contribution in [3.8, 4) is 11.1 Å². The van der Waals surface area contributed by atoms with Crippen LogP contribution in [-0.2, 0) is 16.4 Å². The number of thiophene rings is 1. The van der Waals surface area contributed by atoms with Crippen LogP contribution >= 0.6 is 22.9 Å². The van der Waals surface area contributed by atoms with Crippen LogP contribution in [0, 0.1) is 5.41 Å². The van der Waals surface area contributed by atoms with Gasteiger partial charge in [0.25, 0.3) is 0 Å². The molecular formula is C22H23ClN2O4S2. The lowest BCUT2D eigenvalue weighted by Crippen LogP contribution is -2.36. The average Bonchev–Trinajstić information content (AvgIpc) is 3.12. The van der Waals surface area contributed by atoms with Gasteiger partial charge in [0.05, 0.1) is 11.4 Å². The molecule has 1 N–H and O–H groups in total. The second kappa shape index (κ2) is 8.98. The third kappa shape index (κ3) is 5.44. The maximum atomic E-state index is 13.4. The molecule has 0 spiro atoms. The molecule has 0 aliphatic heterocycles. The normalized spacial score (nSPS) is 12.0. The Morgan fingerprint density at radius 1 is 1.13 bits per heavy atom. The SMILES string of the molecule is CC(C)(C)CN(Cc1cc(-c2cccnc2Cl)c(S(=O)(=O)c2ccccc2)s1)C(=O)O. The van der Waals surface area contributed by atoms with Crippen LogP contribution in [0.3, 0.4) is 0 Å². The molecule has 0 bridgehead atoms. The van der Waals surface area contributed by atoms with Gasteiger partial charge in [0.1, 0.15) is 9.36 Å². The first-order chi connectivity index (χ1) is 14.5. The molecule has 0 unspecified atom stereocenters. The molecule has 164 valence electrons. The standard InChI is InChI=1S/C22H23ClN2O4S2/c1-22(2,3)14-25(21(26)27)13-15-12-18(17-10-7-11-24-19(17)23)20(30-15)31(28,29)16-8-5-4-6-9-16/h4-12H,13-14H2,1-3H3,(H,26,27). The fourth-order valence-electron chi connectivity index (χ4n) is 3.13. The zero-order chi connectivity index (χ0) is 22.8. The number of benzene rings is 1. The van der Waals surface area contributed by atoms with Gasteiger partial charge >= 0.3 is 6.09 Å². The maximum Gasteiger partial charge on any atom is 0.407 e. The van der Waals surface area contributed by atoms with Crippen LogP contribution in [0.5, 0.6) is 0 Å². The van der Waals surface area contributed by atoms with E-state index in [0.29, 0.717) is 22.5 Å². The number of nitrogens with zero attached hydrogens (tertiary/aromatic N) is 2. The summed E-state index contributed by atoms with van der Waals surface area (Å²) in [5.74, 6) is 0. The molecule has 0 radical (unpaired) electrons. The van der Waals surface area contributed by atoms with E-state index in [-0.39, 0.29) is 26.2 Å². The third-order valence-electron chi connectivity index (χ3n) is 4.38. The van der Waals surface area contributed by atoms with Crippen LogP contribution < -0.4 is 0 Å². The Labute approximate surface area is 191 Å². The predicted octanol–water partition coefficient (Wildman–Crippen LogP) is 5.82. The summed E-state index contributed by atoms with van der Waals surface area (Å²) in [6.45, 7) is 6.23. The lowest BCUT2D eigenvalue weighted by atomic mass is 9.96. The maximum absolute atomic E-state index is 13.4. The third-order valence-corrected chi connectivity index (χ3v) is 8.10. The van der Waals surface area contributed by atoms with E-state index in [0.717, 1.165) is 11.3 Å². The predicted molar refractivity (Wildman–Crippen MR) is 122 cm³/mol. The lowest BCUT2D eigenvalue weighted by molar-refractivity contribution is 0.123. The van der Waals surface area contributed by atoms with Gasteiger partial charge < -0.3 is 10.0 Å². The van der Waals surface area contributed by atoms with Crippen molar-refractivity contribution in [1.29, 1.82) is 0 Å². The number of sulfone groups is 1. The summed E-state index contributed by atoms with van der Waals surface area (Å²) >= 11 is 7.33. The van der Waals surface area contributed by atoms with Crippen molar-refractivity contribution in [2.75, 3.05) is 6.54 Å². The Hall–Kier alpha value is -2.42. The van der Waals surface area contributed by atoms with Crippen LogP contribution in [-0.4, -0.2) is 36.0 Å². The summed E-state index contributed by atoms with van der Waals surface area (Å²) in [6.07, 6.45) is 0.469. The Morgan fingerprint density at radius 3 is 2.39 bits per heavy atom. The van der Waals surface area contributed by atoms with E-state index in [1.54, 1.807) is 36.4 Å². The largest absolute Gasteiger partial charge is 0.465 e. The number of carboxylic acid groups (broad SMARTS) is 1. The van der Waals surface area contributed by atoms with E-state index in [4.69, 9.17) is 11.6 Å². The summed E-state index contributed by atoms with van der Waals surface area (Å²) in [6, 6.07) is 13.2. The minimum Gasteiger partial charge on any atom is -0.465 e. The van der Waals surface area contributed by atoms with Crippen molar-refractivity contribution in [2.45, 2.75) is 36.4 Å². The van der Waals surface area contributed by atoms with Gasteiger partial charge in [-0.1, -0.05) is 50.6 Å². The van der Waals surface area contributed by atoms with Gasteiger partial charge in [-0.3, -0.25) is 0 Å². The second-order valence-corrected chi connectivity index (χ2v) is 11.9. The Balaban J connectivity index is 2.13. The minimum atomic E-state index is -3.84. The molecule has 2 heterocycles. The zero-order valence-electron chi connectivity index (χ0n) is 17.4. The molecule has 1 aromatic carbocycles. The van der Waals surface area contributed by atoms with Crippen molar-refractivity contribution < 1.29 is 18.3 Å². The van der Waals surface area contributed by atoms with Gasteiger partial charge in [-0.2, -0.15) is 0 Å². The van der Waals surface area contributed by atoms with Crippen LogP contribution in [0.2, 0.25) is 5.15 Å². The molecule has 3 rings (SSSR count). The molecule has 9 heteroatoms. The second-order valence-electron chi connectivity index (χ2n) is 8.27. The Bertz CT molecular complexity index is 1190. The van der Waals surface area contributed by atoms with E-state index >= 15 is 0 Å². The molecular weight excluding hydrogens is 456 g/mol. The highest BCUT2D eigenvalue weighted by Gasteiger charge is 2.28. The van der Waals surface area contributed by atoms with Gasteiger partial charge in [-0.05, 0) is 35.7 Å². The quantitative estimate of drug-likeness (QED) is 0.451. The van der Waals surface area contributed by atoms with E-state index in [1.807, 2.05) is 20.8 Å². The van der Waals surface area contributed by atoms with E-state index in [9.17, 15) is 18.3 Å². The molecule has 0 aliphatic rings. The summed E-state index contributed by atoms with van der Waals surface area (Å²) < 4.78 is 27.0. The number of pyridine rings is 1. The minimum absolute atomic E-state index is 0.0759. The van der Waals surface area contributed by atoms with Crippen LogP contribution in [0.4, 0.5) is 4.79 Å². The number of halogens is 1. The molecule has 2 aromatic heterocycles. The van der Waals surface area contributed by atoms with Crippen molar-refractivity contribution in [3.05, 3.63) is 64.8 Å². The number of amides is 1. The molecule has 0 fully saturated rings. The smallest absolute Gasteiger partial charge is 0.407 e. The number of hydrogen-bond donors (Lipinski definition) is 1. The van der Waals surface area contributed by atoms with Crippen molar-refractivity contribution in [3.63, 3.8) is 0 Å². The van der Waals surface area contributed by atoms with Crippen LogP contribution in [0.15, 0.2) is 63.8 Å². The number of hydrogen-bond acceptors (Lipinski definition) is 5. The molecule has 6 nitrogen and oxygen atoms in total. The van der Waals surface area contributed by atoms with Crippen molar-refractivity contribution in [1.82, 2.24) is 9.88 Å². The fourth-order valence-corrected chi connectivity index (χ4v) is 6.51. The van der Waals surface area contributed by atoms with Crippen molar-refractivity contribution in [2.24, 2.45) is 5.41 Å². The topological polar surface area (TPSA) is 87.6 Å². The molecule has 1 amide bonds. The fraction of sp³-hybridized carbons (Fsp3) is 0.273. The summed E-state index contributed by atoms with van der Waals surface area (Å²) in [5.41, 5.74) is 0.659. The first-order valence-electron chi connectivity index (χ1n) is 9.50. The lowest BCUT2D eigenvalue weighted by Gasteiger charge is -2.27. The van der Waals surface area contributed by atoms with E-state index in [2.05, 4.69) is 4.98 Å². The zero-order valence-corrected chi connectivity index (χ0v) is 19.8. The van der Waals surface area contributed by atoms with E-state index < -0.39 is 15.9 Å². The summed E-state index contributed by atoms with van der Waals surface area (Å²) in [4.78, 5) is 17.9. The average molecular weight is 479 g/mol. The summed E-state index contributed by atoms with van der Waals surface area (Å²) in [5, 5.41) is 9.84. The molecule has 31 heavy (non-hydrogen) atoms. The van der Waals surface area contributed by atoms with Crippen LogP contribution in [0.25, 0.3) is 11.1 Å². The Morgan fingerprint density at radius 2 is 1.81 bits per heavy atom. The van der Waals surface area contributed by atoms with Gasteiger partial charge in [0, 0.05) is 28.7 Å². The first kappa shape index (κ1) is 23.2. The highest BCUT2D eigenvalue weighted by atomic mass is 35.5. The van der Waals surface area contributed by atoms with Gasteiger partial charge in [-0.25, -0.2) is 18.2 Å².